The standard InChI is InChI=1S/C26H24N6O4/c1-17(24(27)33)19-4-2-5-21(16-19)36-23-7-3-6-22-29-26(30-32(22)23)28-20-10-8-18(9-11-20)25(34)31-12-14-35-15-13-31/h2-11,16H,1,12-15H2,(H2,27,33)(H,28,30). The van der Waals surface area contributed by atoms with Crippen LogP contribution in [0, 0.1) is 0 Å². The topological polar surface area (TPSA) is 124 Å². The number of carbonyl (C=O) groups is 2. The Labute approximate surface area is 206 Å². The van der Waals surface area contributed by atoms with Crippen molar-refractivity contribution in [3.8, 4) is 11.6 Å². The Kier molecular flexibility index (Phi) is 6.33. The van der Waals surface area contributed by atoms with E-state index in [0.29, 0.717) is 60.7 Å². The minimum atomic E-state index is -0.597. The predicted octanol–water partition coefficient (Wildman–Crippen LogP) is 3.24. The molecule has 1 aliphatic heterocycles. The normalized spacial score (nSPS) is 13.4. The van der Waals surface area contributed by atoms with Crippen LogP contribution in [0.15, 0.2) is 73.3 Å². The van der Waals surface area contributed by atoms with E-state index in [2.05, 4.69) is 22.0 Å². The van der Waals surface area contributed by atoms with Crippen LogP contribution in [-0.2, 0) is 9.53 Å². The molecule has 0 aliphatic carbocycles. The van der Waals surface area contributed by atoms with Gasteiger partial charge in [0, 0.05) is 36.0 Å². The third kappa shape index (κ3) is 4.89. The van der Waals surface area contributed by atoms with E-state index >= 15 is 0 Å². The number of hydrogen-bond donors (Lipinski definition) is 2. The summed E-state index contributed by atoms with van der Waals surface area (Å²) in [7, 11) is 0. The fourth-order valence-corrected chi connectivity index (χ4v) is 3.80. The number of benzene rings is 2. The minimum absolute atomic E-state index is 0.0130. The van der Waals surface area contributed by atoms with Gasteiger partial charge in [-0.25, -0.2) is 0 Å². The van der Waals surface area contributed by atoms with Crippen LogP contribution < -0.4 is 15.8 Å². The molecule has 0 unspecified atom stereocenters. The number of nitrogens with zero attached hydrogens (tertiary/aromatic N) is 4. The minimum Gasteiger partial charge on any atom is -0.439 e. The average Bonchev–Trinajstić information content (AvgIpc) is 3.32. The summed E-state index contributed by atoms with van der Waals surface area (Å²) in [4.78, 5) is 30.4. The van der Waals surface area contributed by atoms with Gasteiger partial charge in [-0.1, -0.05) is 24.8 Å². The van der Waals surface area contributed by atoms with Gasteiger partial charge in [-0.3, -0.25) is 9.59 Å². The monoisotopic (exact) mass is 484 g/mol. The maximum Gasteiger partial charge on any atom is 0.254 e. The summed E-state index contributed by atoms with van der Waals surface area (Å²) >= 11 is 0. The van der Waals surface area contributed by atoms with Crippen LogP contribution in [0.3, 0.4) is 0 Å². The fraction of sp³-hybridized carbons (Fsp3) is 0.154. The maximum atomic E-state index is 12.6. The summed E-state index contributed by atoms with van der Waals surface area (Å²) in [5.74, 6) is 0.684. The molecule has 1 fully saturated rings. The van der Waals surface area contributed by atoms with Crippen LogP contribution in [-0.4, -0.2) is 57.6 Å². The second-order valence-electron chi connectivity index (χ2n) is 8.15. The molecule has 0 radical (unpaired) electrons. The second kappa shape index (κ2) is 9.88. The van der Waals surface area contributed by atoms with Crippen LogP contribution in [0.5, 0.6) is 11.6 Å². The number of amides is 2. The third-order valence-corrected chi connectivity index (χ3v) is 5.71. The first kappa shape index (κ1) is 23.1. The van der Waals surface area contributed by atoms with Gasteiger partial charge in [0.1, 0.15) is 5.75 Å². The van der Waals surface area contributed by atoms with Gasteiger partial charge < -0.3 is 25.4 Å². The second-order valence-corrected chi connectivity index (χ2v) is 8.15. The van der Waals surface area contributed by atoms with Crippen molar-refractivity contribution in [2.75, 3.05) is 31.6 Å². The lowest BCUT2D eigenvalue weighted by molar-refractivity contribution is -0.112. The molecule has 10 nitrogen and oxygen atoms in total. The number of nitrogens with two attached hydrogens (primary N) is 1. The summed E-state index contributed by atoms with van der Waals surface area (Å²) in [6.07, 6.45) is 0. The number of rotatable bonds is 7. The number of hydrogen-bond acceptors (Lipinski definition) is 7. The van der Waals surface area contributed by atoms with Crippen molar-refractivity contribution >= 4 is 34.7 Å². The van der Waals surface area contributed by atoms with E-state index in [4.69, 9.17) is 15.2 Å². The number of morpholine rings is 1. The molecule has 3 N–H and O–H groups in total. The molecule has 0 spiro atoms. The number of carbonyl (C=O) groups excluding carboxylic acids is 2. The number of anilines is 2. The quantitative estimate of drug-likeness (QED) is 0.386. The zero-order chi connectivity index (χ0) is 25.1. The lowest BCUT2D eigenvalue weighted by Gasteiger charge is -2.26. The van der Waals surface area contributed by atoms with E-state index in [0.717, 1.165) is 5.69 Å². The van der Waals surface area contributed by atoms with E-state index in [1.165, 1.54) is 0 Å². The summed E-state index contributed by atoms with van der Waals surface area (Å²) < 4.78 is 12.9. The Balaban J connectivity index is 1.32. The number of fused-ring (bicyclic) bond motifs is 1. The molecule has 1 aliphatic rings. The van der Waals surface area contributed by atoms with Gasteiger partial charge in [-0.2, -0.15) is 9.50 Å². The van der Waals surface area contributed by atoms with E-state index < -0.39 is 5.91 Å². The van der Waals surface area contributed by atoms with Gasteiger partial charge in [0.15, 0.2) is 5.65 Å². The molecule has 2 aromatic carbocycles. The molecule has 4 aromatic rings. The molecule has 36 heavy (non-hydrogen) atoms. The Morgan fingerprint density at radius 2 is 1.75 bits per heavy atom. The number of primary amides is 1. The van der Waals surface area contributed by atoms with Crippen LogP contribution in [0.2, 0.25) is 0 Å². The van der Waals surface area contributed by atoms with Gasteiger partial charge in [0.2, 0.25) is 17.7 Å². The van der Waals surface area contributed by atoms with Crippen LogP contribution in [0.25, 0.3) is 11.2 Å². The highest BCUT2D eigenvalue weighted by Crippen LogP contribution is 2.26. The molecule has 2 aromatic heterocycles. The van der Waals surface area contributed by atoms with Crippen molar-refractivity contribution in [3.05, 3.63) is 84.4 Å². The molecule has 5 rings (SSSR count). The highest BCUT2D eigenvalue weighted by atomic mass is 16.5. The number of ether oxygens (including phenoxy) is 2. The third-order valence-electron chi connectivity index (χ3n) is 5.71. The number of pyridine rings is 1. The summed E-state index contributed by atoms with van der Waals surface area (Å²) in [6.45, 7) is 6.02. The largest absolute Gasteiger partial charge is 0.439 e. The molecule has 0 bridgehead atoms. The first-order valence-electron chi connectivity index (χ1n) is 11.3. The summed E-state index contributed by atoms with van der Waals surface area (Å²) in [6, 6.07) is 19.5. The van der Waals surface area contributed by atoms with Gasteiger partial charge in [-0.15, -0.1) is 5.10 Å². The number of aromatic nitrogens is 3. The van der Waals surface area contributed by atoms with Crippen molar-refractivity contribution in [2.45, 2.75) is 0 Å². The SMILES string of the molecule is C=C(C(N)=O)c1cccc(Oc2cccc3nc(Nc4ccc(C(=O)N5CCOCC5)cc4)nn23)c1. The molecule has 3 heterocycles. The molecular formula is C26H24N6O4. The molecule has 2 amide bonds. The zero-order valence-corrected chi connectivity index (χ0v) is 19.4. The van der Waals surface area contributed by atoms with Gasteiger partial charge in [-0.05, 0) is 48.0 Å². The Hall–Kier alpha value is -4.70. The first-order chi connectivity index (χ1) is 17.5. The first-order valence-corrected chi connectivity index (χ1v) is 11.3. The maximum absolute atomic E-state index is 12.6. The summed E-state index contributed by atoms with van der Waals surface area (Å²) in [5, 5.41) is 7.67. The van der Waals surface area contributed by atoms with E-state index in [1.807, 2.05) is 12.1 Å². The van der Waals surface area contributed by atoms with Gasteiger partial charge in [0.05, 0.1) is 13.2 Å². The average molecular weight is 485 g/mol. The van der Waals surface area contributed by atoms with Crippen LogP contribution >= 0.6 is 0 Å². The molecule has 0 atom stereocenters. The Morgan fingerprint density at radius 1 is 1.00 bits per heavy atom. The van der Waals surface area contributed by atoms with Crippen molar-refractivity contribution in [1.29, 1.82) is 0 Å². The molecular weight excluding hydrogens is 460 g/mol. The molecule has 1 saturated heterocycles. The van der Waals surface area contributed by atoms with E-state index in [1.54, 1.807) is 64.0 Å². The fourth-order valence-electron chi connectivity index (χ4n) is 3.80. The lowest BCUT2D eigenvalue weighted by Crippen LogP contribution is -2.40. The van der Waals surface area contributed by atoms with Crippen molar-refractivity contribution in [2.24, 2.45) is 5.73 Å². The Bertz CT molecular complexity index is 1440. The predicted molar refractivity (Wildman–Crippen MR) is 134 cm³/mol. The van der Waals surface area contributed by atoms with Crippen molar-refractivity contribution in [3.63, 3.8) is 0 Å². The molecule has 182 valence electrons. The van der Waals surface area contributed by atoms with Crippen molar-refractivity contribution < 1.29 is 19.1 Å². The van der Waals surface area contributed by atoms with Crippen molar-refractivity contribution in [1.82, 2.24) is 19.5 Å². The zero-order valence-electron chi connectivity index (χ0n) is 19.4. The lowest BCUT2D eigenvalue weighted by atomic mass is 10.1. The van der Waals surface area contributed by atoms with Crippen LogP contribution in [0.4, 0.5) is 11.6 Å². The van der Waals surface area contributed by atoms with Gasteiger partial charge >= 0.3 is 0 Å². The smallest absolute Gasteiger partial charge is 0.254 e. The van der Waals surface area contributed by atoms with Gasteiger partial charge in [0.25, 0.3) is 5.91 Å². The Morgan fingerprint density at radius 3 is 2.50 bits per heavy atom. The summed E-state index contributed by atoms with van der Waals surface area (Å²) in [5.41, 5.74) is 8.04. The molecule has 10 heteroatoms. The number of nitrogens with one attached hydrogen (secondary N) is 1. The molecule has 0 saturated carbocycles. The van der Waals surface area contributed by atoms with E-state index in [9.17, 15) is 9.59 Å². The highest BCUT2D eigenvalue weighted by Gasteiger charge is 2.18. The van der Waals surface area contributed by atoms with E-state index in [-0.39, 0.29) is 11.5 Å². The van der Waals surface area contributed by atoms with Crippen LogP contribution in [0.1, 0.15) is 15.9 Å². The highest BCUT2D eigenvalue weighted by molar-refractivity contribution is 6.17.